The number of ketones is 1. The van der Waals surface area contributed by atoms with Crippen molar-refractivity contribution in [1.29, 1.82) is 5.26 Å². The quantitative estimate of drug-likeness (QED) is 0.481. The maximum atomic E-state index is 13.2. The molecule has 196 valence electrons. The second-order valence-electron chi connectivity index (χ2n) is 9.85. The van der Waals surface area contributed by atoms with Gasteiger partial charge < -0.3 is 10.4 Å². The van der Waals surface area contributed by atoms with Crippen molar-refractivity contribution in [1.82, 2.24) is 0 Å². The molecule has 0 heterocycles. The lowest BCUT2D eigenvalue weighted by molar-refractivity contribution is -0.115. The summed E-state index contributed by atoms with van der Waals surface area (Å²) in [5, 5.41) is 22.6. The van der Waals surface area contributed by atoms with Crippen molar-refractivity contribution in [2.45, 2.75) is 51.0 Å². The van der Waals surface area contributed by atoms with Gasteiger partial charge in [0.2, 0.25) is 0 Å². The van der Waals surface area contributed by atoms with Gasteiger partial charge in [0, 0.05) is 35.2 Å². The zero-order chi connectivity index (χ0) is 27.7. The Bertz CT molecular complexity index is 1420. The minimum atomic E-state index is -3.98. The molecular formula is C26H27F2N3O5S. The maximum absolute atomic E-state index is 13.2. The molecule has 2 N–H and O–H groups in total. The highest BCUT2D eigenvalue weighted by atomic mass is 32.2. The third kappa shape index (κ3) is 5.97. The first kappa shape index (κ1) is 27.8. The number of Topliss-reactive ketones (excluding diaryl/α,β-unsaturated/α-hetero) is 1. The highest BCUT2D eigenvalue weighted by Gasteiger charge is 2.44. The molecule has 1 amide bonds. The van der Waals surface area contributed by atoms with Crippen molar-refractivity contribution in [3.8, 4) is 6.07 Å². The Kier molecular flexibility index (Phi) is 7.74. The minimum absolute atomic E-state index is 0.0271. The van der Waals surface area contributed by atoms with E-state index in [0.29, 0.717) is 11.4 Å². The van der Waals surface area contributed by atoms with Gasteiger partial charge in [-0.15, -0.1) is 0 Å². The van der Waals surface area contributed by atoms with E-state index in [1.165, 1.54) is 30.3 Å². The molecule has 2 aromatic carbocycles. The van der Waals surface area contributed by atoms with E-state index in [2.05, 4.69) is 5.32 Å². The van der Waals surface area contributed by atoms with Gasteiger partial charge in [-0.05, 0) is 42.2 Å². The number of benzene rings is 2. The molecule has 37 heavy (non-hydrogen) atoms. The number of amides is 1. The minimum Gasteiger partial charge on any atom is -0.465 e. The molecule has 1 aliphatic rings. The Morgan fingerprint density at radius 2 is 1.84 bits per heavy atom. The number of allylic oxidation sites excluding steroid dienone is 1. The molecule has 1 unspecified atom stereocenters. The van der Waals surface area contributed by atoms with Gasteiger partial charge in [-0.3, -0.25) is 9.69 Å². The number of halogens is 2. The molecule has 0 radical (unpaired) electrons. The highest BCUT2D eigenvalue weighted by Crippen LogP contribution is 2.41. The topological polar surface area (TPSA) is 128 Å². The number of nitriles is 1. The van der Waals surface area contributed by atoms with Gasteiger partial charge >= 0.3 is 6.09 Å². The largest absolute Gasteiger partial charge is 0.465 e. The third-order valence-electron chi connectivity index (χ3n) is 5.97. The van der Waals surface area contributed by atoms with E-state index >= 15 is 0 Å². The van der Waals surface area contributed by atoms with Gasteiger partial charge in [0.15, 0.2) is 15.6 Å². The van der Waals surface area contributed by atoms with Crippen molar-refractivity contribution >= 4 is 33.1 Å². The van der Waals surface area contributed by atoms with Crippen LogP contribution in [0.15, 0.2) is 58.6 Å². The number of sulfone groups is 1. The lowest BCUT2D eigenvalue weighted by Crippen LogP contribution is -2.50. The Hall–Kier alpha value is -3.78. The fourth-order valence-electron chi connectivity index (χ4n) is 4.43. The van der Waals surface area contributed by atoms with Crippen LogP contribution in [0.2, 0.25) is 0 Å². The van der Waals surface area contributed by atoms with E-state index in [4.69, 9.17) is 0 Å². The number of rotatable bonds is 7. The number of anilines is 2. The first-order valence-corrected chi connectivity index (χ1v) is 13.2. The van der Waals surface area contributed by atoms with Gasteiger partial charge in [0.1, 0.15) is 0 Å². The first-order chi connectivity index (χ1) is 17.1. The first-order valence-electron chi connectivity index (χ1n) is 11.3. The van der Waals surface area contributed by atoms with Crippen LogP contribution in [0.25, 0.3) is 0 Å². The molecule has 1 atom stereocenters. The van der Waals surface area contributed by atoms with E-state index in [1.807, 2.05) is 6.07 Å². The van der Waals surface area contributed by atoms with Gasteiger partial charge in [-0.25, -0.2) is 22.0 Å². The molecule has 2 aromatic rings. The van der Waals surface area contributed by atoms with E-state index in [1.54, 1.807) is 26.8 Å². The van der Waals surface area contributed by atoms with Gasteiger partial charge in [0.25, 0.3) is 6.43 Å². The summed E-state index contributed by atoms with van der Waals surface area (Å²) in [6, 6.07) is 9.87. The predicted molar refractivity (Wildman–Crippen MR) is 134 cm³/mol. The molecule has 0 aromatic heterocycles. The average molecular weight is 532 g/mol. The van der Waals surface area contributed by atoms with Crippen LogP contribution in [-0.2, 0) is 14.6 Å². The summed E-state index contributed by atoms with van der Waals surface area (Å²) in [6.45, 7) is 5.14. The fourth-order valence-corrected chi connectivity index (χ4v) is 5.32. The maximum Gasteiger partial charge on any atom is 0.412 e. The summed E-state index contributed by atoms with van der Waals surface area (Å²) >= 11 is 0. The number of nitrogens with one attached hydrogen (secondary N) is 1. The number of nitrogens with zero attached hydrogens (tertiary/aromatic N) is 2. The third-order valence-corrected chi connectivity index (χ3v) is 7.09. The smallest absolute Gasteiger partial charge is 0.412 e. The molecule has 1 aliphatic carbocycles. The molecule has 0 bridgehead atoms. The number of hydrogen-bond acceptors (Lipinski definition) is 6. The van der Waals surface area contributed by atoms with Crippen LogP contribution < -0.4 is 10.2 Å². The van der Waals surface area contributed by atoms with Crippen molar-refractivity contribution in [3.05, 3.63) is 64.9 Å². The lowest BCUT2D eigenvalue weighted by Gasteiger charge is -2.40. The van der Waals surface area contributed by atoms with Gasteiger partial charge in [-0.2, -0.15) is 5.26 Å². The SMILES string of the molecule is CC(C)(C)C(C1=C(Nc2cccc(C(F)F)c2)CCC1=O)N(C(=O)O)c1ccc(C#N)cc1S(C)(=O)=O. The average Bonchev–Trinajstić information content (AvgIpc) is 3.14. The highest BCUT2D eigenvalue weighted by molar-refractivity contribution is 7.90. The summed E-state index contributed by atoms with van der Waals surface area (Å²) in [5.74, 6) is -0.340. The van der Waals surface area contributed by atoms with Crippen LogP contribution >= 0.6 is 0 Å². The number of carbonyl (C=O) groups excluding carboxylic acids is 1. The molecule has 8 nitrogen and oxygen atoms in total. The van der Waals surface area contributed by atoms with Crippen LogP contribution in [0.1, 0.15) is 51.2 Å². The summed E-state index contributed by atoms with van der Waals surface area (Å²) in [7, 11) is -3.98. The lowest BCUT2D eigenvalue weighted by atomic mass is 9.79. The fraction of sp³-hybridized carbons (Fsp3) is 0.346. The number of alkyl halides is 2. The van der Waals surface area contributed by atoms with Crippen LogP contribution in [0.3, 0.4) is 0 Å². The molecule has 0 saturated heterocycles. The Morgan fingerprint density at radius 1 is 1.16 bits per heavy atom. The predicted octanol–water partition coefficient (Wildman–Crippen LogP) is 5.53. The van der Waals surface area contributed by atoms with Gasteiger partial charge in [0.05, 0.1) is 28.3 Å². The van der Waals surface area contributed by atoms with E-state index < -0.39 is 33.8 Å². The van der Waals surface area contributed by atoms with E-state index in [-0.39, 0.29) is 45.9 Å². The standard InChI is InChI=1S/C26H27F2N3O5S/c1-26(2,3)23(31(25(33)34)19-10-8-15(14-29)12-21(19)37(4,35)36)22-18(9-11-20(22)32)30-17-7-5-6-16(13-17)24(27)28/h5-8,10,12-13,23-24,30H,9,11H2,1-4H3,(H,33,34). The molecular weight excluding hydrogens is 504 g/mol. The molecule has 11 heteroatoms. The molecule has 0 fully saturated rings. The van der Waals surface area contributed by atoms with E-state index in [0.717, 1.165) is 17.2 Å². The van der Waals surface area contributed by atoms with Crippen LogP contribution in [0.5, 0.6) is 0 Å². The number of hydrogen-bond donors (Lipinski definition) is 2. The van der Waals surface area contributed by atoms with Crippen LogP contribution in [0.4, 0.5) is 25.0 Å². The summed E-state index contributed by atoms with van der Waals surface area (Å²) in [4.78, 5) is 26.4. The second kappa shape index (κ2) is 10.3. The van der Waals surface area contributed by atoms with Gasteiger partial charge in [-0.1, -0.05) is 32.9 Å². The molecule has 0 saturated carbocycles. The summed E-state index contributed by atoms with van der Waals surface area (Å²) in [6.07, 6.45) is -3.00. The molecule has 3 rings (SSSR count). The number of carboxylic acid groups (broad SMARTS) is 1. The Morgan fingerprint density at radius 3 is 2.38 bits per heavy atom. The monoisotopic (exact) mass is 531 g/mol. The van der Waals surface area contributed by atoms with E-state index in [9.17, 15) is 37.2 Å². The molecule has 0 spiro atoms. The van der Waals surface area contributed by atoms with Crippen LogP contribution in [0, 0.1) is 16.7 Å². The Balaban J connectivity index is 2.25. The molecule has 0 aliphatic heterocycles. The second-order valence-corrected chi connectivity index (χ2v) is 11.8. The normalized spacial score (nSPS) is 15.0. The van der Waals surface area contributed by atoms with Crippen LogP contribution in [-0.4, -0.2) is 37.7 Å². The zero-order valence-corrected chi connectivity index (χ0v) is 21.6. The van der Waals surface area contributed by atoms with Crippen molar-refractivity contribution in [2.24, 2.45) is 5.41 Å². The zero-order valence-electron chi connectivity index (χ0n) is 20.7. The van der Waals surface area contributed by atoms with Crippen molar-refractivity contribution in [2.75, 3.05) is 16.5 Å². The number of carbonyl (C=O) groups is 2. The van der Waals surface area contributed by atoms with Crippen molar-refractivity contribution < 1.29 is 31.9 Å². The Labute approximate surface area is 214 Å². The van der Waals surface area contributed by atoms with Crippen molar-refractivity contribution in [3.63, 3.8) is 0 Å². The summed E-state index contributed by atoms with van der Waals surface area (Å²) < 4.78 is 51.7. The summed E-state index contributed by atoms with van der Waals surface area (Å²) in [5.41, 5.74) is -0.484.